The van der Waals surface area contributed by atoms with E-state index in [-0.39, 0.29) is 0 Å². The minimum atomic E-state index is 0.792. The maximum absolute atomic E-state index is 5.41. The molecule has 0 spiro atoms. The van der Waals surface area contributed by atoms with Crippen LogP contribution in [0.5, 0.6) is 0 Å². The lowest BCUT2D eigenvalue weighted by Gasteiger charge is -1.99. The Morgan fingerprint density at radius 3 is 2.86 bits per heavy atom. The Morgan fingerprint density at radius 2 is 2.57 bits per heavy atom. The minimum Gasteiger partial charge on any atom is -0.329 e. The van der Waals surface area contributed by atoms with Gasteiger partial charge in [-0.2, -0.15) is 11.8 Å². The average Bonchev–Trinajstić information content (AvgIpc) is 2.14. The summed E-state index contributed by atoms with van der Waals surface area (Å²) in [6, 6.07) is 0. The zero-order chi connectivity index (χ0) is 5.11. The molecule has 1 fully saturated rings. The number of hydrogen-bond acceptors (Lipinski definition) is 2. The summed E-state index contributed by atoms with van der Waals surface area (Å²) in [4.78, 5) is 0. The van der Waals surface area contributed by atoms with Crippen LogP contribution in [0.1, 0.15) is 12.8 Å². The summed E-state index contributed by atoms with van der Waals surface area (Å²) in [7, 11) is 0. The van der Waals surface area contributed by atoms with Crippen LogP contribution in [0.2, 0.25) is 0 Å². The Balaban J connectivity index is 2.14. The smallest absolute Gasteiger partial charge is 0.0170 e. The van der Waals surface area contributed by atoms with Crippen LogP contribution in [0.4, 0.5) is 0 Å². The van der Waals surface area contributed by atoms with Crippen molar-refractivity contribution < 1.29 is 0 Å². The Bertz CT molecular complexity index is 50.0. The summed E-state index contributed by atoms with van der Waals surface area (Å²) < 4.78 is 0. The molecule has 0 aromatic carbocycles. The molecule has 0 saturated carbocycles. The number of thioether (sulfide) groups is 1. The predicted octanol–water partition coefficient (Wildman–Crippen LogP) is 0.841. The zero-order valence-electron chi connectivity index (χ0n) is 4.39. The van der Waals surface area contributed by atoms with Crippen molar-refractivity contribution >= 4 is 11.8 Å². The van der Waals surface area contributed by atoms with E-state index in [4.69, 9.17) is 5.73 Å². The van der Waals surface area contributed by atoms with Crippen LogP contribution in [0.15, 0.2) is 0 Å². The Morgan fingerprint density at radius 1 is 1.71 bits per heavy atom. The van der Waals surface area contributed by atoms with Gasteiger partial charge in [0.1, 0.15) is 0 Å². The van der Waals surface area contributed by atoms with Crippen molar-refractivity contribution in [2.45, 2.75) is 18.1 Å². The molecular formula is C5H11NS. The normalized spacial score (nSPS) is 31.3. The summed E-state index contributed by atoms with van der Waals surface area (Å²) >= 11 is 2.02. The Hall–Kier alpha value is 0.310. The first kappa shape index (κ1) is 5.45. The molecule has 1 atom stereocenters. The number of nitrogens with two attached hydrogens (primary N) is 1. The van der Waals surface area contributed by atoms with Crippen LogP contribution in [0, 0.1) is 0 Å². The van der Waals surface area contributed by atoms with Gasteiger partial charge in [0.2, 0.25) is 0 Å². The lowest BCUT2D eigenvalue weighted by Crippen LogP contribution is -2.12. The highest BCUT2D eigenvalue weighted by atomic mass is 32.2. The van der Waals surface area contributed by atoms with Crippen molar-refractivity contribution in [2.24, 2.45) is 5.73 Å². The predicted molar refractivity (Wildman–Crippen MR) is 34.5 cm³/mol. The van der Waals surface area contributed by atoms with Crippen molar-refractivity contribution in [2.75, 3.05) is 12.3 Å². The van der Waals surface area contributed by atoms with Crippen LogP contribution in [-0.2, 0) is 0 Å². The number of rotatable bonds is 1. The van der Waals surface area contributed by atoms with Gasteiger partial charge in [0.15, 0.2) is 0 Å². The van der Waals surface area contributed by atoms with Crippen LogP contribution in [0.3, 0.4) is 0 Å². The quantitative estimate of drug-likeness (QED) is 0.551. The van der Waals surface area contributed by atoms with Crippen molar-refractivity contribution in [3.63, 3.8) is 0 Å². The SMILES string of the molecule is NCC1CCCS1. The van der Waals surface area contributed by atoms with Crippen molar-refractivity contribution in [1.82, 2.24) is 0 Å². The molecular weight excluding hydrogens is 106 g/mol. The third kappa shape index (κ3) is 1.35. The van der Waals surface area contributed by atoms with Crippen LogP contribution in [0.25, 0.3) is 0 Å². The maximum atomic E-state index is 5.41. The van der Waals surface area contributed by atoms with Gasteiger partial charge in [0, 0.05) is 11.8 Å². The fourth-order valence-corrected chi connectivity index (χ4v) is 1.97. The lowest BCUT2D eigenvalue weighted by molar-refractivity contribution is 0.786. The molecule has 1 rings (SSSR count). The molecule has 0 bridgehead atoms. The van der Waals surface area contributed by atoms with Crippen LogP contribution < -0.4 is 5.73 Å². The highest BCUT2D eigenvalue weighted by Crippen LogP contribution is 2.24. The maximum Gasteiger partial charge on any atom is 0.0170 e. The monoisotopic (exact) mass is 117 g/mol. The third-order valence-electron chi connectivity index (χ3n) is 1.29. The molecule has 0 radical (unpaired) electrons. The second-order valence-electron chi connectivity index (χ2n) is 1.87. The van der Waals surface area contributed by atoms with Crippen molar-refractivity contribution in [3.05, 3.63) is 0 Å². The summed E-state index contributed by atoms with van der Waals surface area (Å²) in [5.74, 6) is 1.34. The second-order valence-corrected chi connectivity index (χ2v) is 3.28. The van der Waals surface area contributed by atoms with E-state index < -0.39 is 0 Å². The Labute approximate surface area is 48.7 Å². The van der Waals surface area contributed by atoms with Gasteiger partial charge in [-0.1, -0.05) is 0 Å². The van der Waals surface area contributed by atoms with Crippen LogP contribution in [-0.4, -0.2) is 17.5 Å². The molecule has 0 aromatic heterocycles. The van der Waals surface area contributed by atoms with Gasteiger partial charge in [0.05, 0.1) is 0 Å². The molecule has 1 aliphatic rings. The van der Waals surface area contributed by atoms with Gasteiger partial charge in [-0.3, -0.25) is 0 Å². The standard InChI is InChI=1S/C5H11NS/c6-4-5-2-1-3-7-5/h5H,1-4,6H2. The van der Waals surface area contributed by atoms with Gasteiger partial charge in [0.25, 0.3) is 0 Å². The topological polar surface area (TPSA) is 26.0 Å². The molecule has 1 nitrogen and oxygen atoms in total. The summed E-state index contributed by atoms with van der Waals surface area (Å²) in [6.07, 6.45) is 2.73. The van der Waals surface area contributed by atoms with E-state index in [0.717, 1.165) is 11.8 Å². The van der Waals surface area contributed by atoms with Crippen LogP contribution >= 0.6 is 11.8 Å². The van der Waals surface area contributed by atoms with E-state index in [2.05, 4.69) is 0 Å². The Kier molecular flexibility index (Phi) is 2.00. The summed E-state index contributed by atoms with van der Waals surface area (Å²) in [6.45, 7) is 0.880. The molecule has 1 saturated heterocycles. The first-order valence-corrected chi connectivity index (χ1v) is 3.80. The van der Waals surface area contributed by atoms with Gasteiger partial charge >= 0.3 is 0 Å². The molecule has 2 N–H and O–H groups in total. The second kappa shape index (κ2) is 2.58. The van der Waals surface area contributed by atoms with Gasteiger partial charge < -0.3 is 5.73 Å². The molecule has 7 heavy (non-hydrogen) atoms. The molecule has 0 amide bonds. The van der Waals surface area contributed by atoms with E-state index in [1.54, 1.807) is 0 Å². The first-order chi connectivity index (χ1) is 3.43. The minimum absolute atomic E-state index is 0.792. The van der Waals surface area contributed by atoms with E-state index in [9.17, 15) is 0 Å². The van der Waals surface area contributed by atoms with Gasteiger partial charge in [-0.15, -0.1) is 0 Å². The van der Waals surface area contributed by atoms with Gasteiger partial charge in [-0.05, 0) is 18.6 Å². The lowest BCUT2D eigenvalue weighted by atomic mass is 10.3. The number of hydrogen-bond donors (Lipinski definition) is 1. The molecule has 0 aliphatic carbocycles. The highest BCUT2D eigenvalue weighted by molar-refractivity contribution is 8.00. The fraction of sp³-hybridized carbons (Fsp3) is 1.00. The fourth-order valence-electron chi connectivity index (χ4n) is 0.830. The highest BCUT2D eigenvalue weighted by Gasteiger charge is 2.11. The average molecular weight is 117 g/mol. The molecule has 0 aromatic rings. The van der Waals surface area contributed by atoms with E-state index >= 15 is 0 Å². The zero-order valence-corrected chi connectivity index (χ0v) is 5.21. The molecule has 42 valence electrons. The summed E-state index contributed by atoms with van der Waals surface area (Å²) in [5, 5.41) is 0.792. The van der Waals surface area contributed by atoms with E-state index in [1.165, 1.54) is 18.6 Å². The van der Waals surface area contributed by atoms with Gasteiger partial charge in [-0.25, -0.2) is 0 Å². The largest absolute Gasteiger partial charge is 0.329 e. The molecule has 1 heterocycles. The molecule has 1 unspecified atom stereocenters. The van der Waals surface area contributed by atoms with Crippen molar-refractivity contribution in [1.29, 1.82) is 0 Å². The van der Waals surface area contributed by atoms with E-state index in [1.807, 2.05) is 11.8 Å². The molecule has 2 heteroatoms. The third-order valence-corrected chi connectivity index (χ3v) is 2.71. The van der Waals surface area contributed by atoms with E-state index in [0.29, 0.717) is 0 Å². The van der Waals surface area contributed by atoms with Crippen molar-refractivity contribution in [3.8, 4) is 0 Å². The first-order valence-electron chi connectivity index (χ1n) is 2.75. The summed E-state index contributed by atoms with van der Waals surface area (Å²) in [5.41, 5.74) is 5.41. The molecule has 1 aliphatic heterocycles.